The average molecular weight is 256 g/mol. The van der Waals surface area contributed by atoms with E-state index in [1.165, 1.54) is 6.33 Å². The number of anilines is 1. The van der Waals surface area contributed by atoms with Crippen LogP contribution in [-0.4, -0.2) is 15.6 Å². The number of rotatable bonds is 0. The van der Waals surface area contributed by atoms with Crippen LogP contribution in [0.3, 0.4) is 0 Å². The van der Waals surface area contributed by atoms with Crippen LogP contribution in [0.25, 0.3) is 6.08 Å². The quantitative estimate of drug-likeness (QED) is 0.770. The maximum Gasteiger partial charge on any atom is 0.226 e. The number of halogens is 1. The van der Waals surface area contributed by atoms with Crippen LogP contribution in [0.15, 0.2) is 10.8 Å². The third-order valence-corrected chi connectivity index (χ3v) is 3.26. The summed E-state index contributed by atoms with van der Waals surface area (Å²) in [5.41, 5.74) is 6.04. The summed E-state index contributed by atoms with van der Waals surface area (Å²) in [6, 6.07) is 0. The number of nitrogens with two attached hydrogens (primary N) is 1. The van der Waals surface area contributed by atoms with Gasteiger partial charge in [0.05, 0.1) is 5.56 Å². The summed E-state index contributed by atoms with van der Waals surface area (Å²) in [5, 5.41) is 0. The van der Waals surface area contributed by atoms with Gasteiger partial charge in [-0.1, -0.05) is 15.9 Å². The Hall–Kier alpha value is -1.10. The lowest BCUT2D eigenvalue weighted by atomic mass is 10.0. The van der Waals surface area contributed by atoms with E-state index in [-0.39, 0.29) is 0 Å². The van der Waals surface area contributed by atoms with Crippen molar-refractivity contribution in [2.24, 2.45) is 0 Å². The van der Waals surface area contributed by atoms with Crippen LogP contribution in [0.2, 0.25) is 0 Å². The summed E-state index contributed by atoms with van der Waals surface area (Å²) in [6.07, 6.45) is 3.30. The monoisotopic (exact) mass is 255 g/mol. The minimum Gasteiger partial charge on any atom is -0.466 e. The largest absolute Gasteiger partial charge is 0.466 e. The highest BCUT2D eigenvalue weighted by Gasteiger charge is 2.30. The zero-order chi connectivity index (χ0) is 10.3. The molecule has 2 heterocycles. The van der Waals surface area contributed by atoms with Crippen molar-refractivity contribution in [3.63, 3.8) is 0 Å². The first-order valence-electron chi connectivity index (χ1n) is 4.18. The lowest BCUT2D eigenvalue weighted by Crippen LogP contribution is -2.31. The van der Waals surface area contributed by atoms with E-state index >= 15 is 0 Å². The molecule has 0 saturated heterocycles. The van der Waals surface area contributed by atoms with Gasteiger partial charge in [-0.15, -0.1) is 0 Å². The smallest absolute Gasteiger partial charge is 0.226 e. The molecule has 0 unspecified atom stereocenters. The molecule has 0 fully saturated rings. The molecule has 14 heavy (non-hydrogen) atoms. The van der Waals surface area contributed by atoms with Crippen molar-refractivity contribution in [1.29, 1.82) is 0 Å². The summed E-state index contributed by atoms with van der Waals surface area (Å²) in [4.78, 5) is 7.93. The highest BCUT2D eigenvalue weighted by molar-refractivity contribution is 9.11. The number of hydrogen-bond donors (Lipinski definition) is 1. The summed E-state index contributed by atoms with van der Waals surface area (Å²) in [5.74, 6) is 0.966. The van der Waals surface area contributed by atoms with Gasteiger partial charge in [-0.05, 0) is 19.9 Å². The van der Waals surface area contributed by atoms with Gasteiger partial charge in [-0.3, -0.25) is 0 Å². The van der Waals surface area contributed by atoms with E-state index in [0.717, 1.165) is 10.0 Å². The first kappa shape index (κ1) is 9.45. The first-order valence-corrected chi connectivity index (χ1v) is 4.97. The average Bonchev–Trinajstić information content (AvgIpc) is 2.08. The number of fused-ring (bicyclic) bond motifs is 1. The van der Waals surface area contributed by atoms with E-state index < -0.39 is 5.60 Å². The first-order chi connectivity index (χ1) is 6.50. The van der Waals surface area contributed by atoms with Gasteiger partial charge in [0.25, 0.3) is 0 Å². The molecule has 0 saturated carbocycles. The molecule has 1 aliphatic rings. The van der Waals surface area contributed by atoms with Gasteiger partial charge in [-0.25, -0.2) is 9.97 Å². The Kier molecular flexibility index (Phi) is 1.99. The molecule has 0 aromatic carbocycles. The van der Waals surface area contributed by atoms with Gasteiger partial charge < -0.3 is 10.5 Å². The maximum absolute atomic E-state index is 5.70. The Morgan fingerprint density at radius 1 is 1.43 bits per heavy atom. The van der Waals surface area contributed by atoms with Crippen molar-refractivity contribution in [2.75, 3.05) is 5.73 Å². The van der Waals surface area contributed by atoms with Gasteiger partial charge in [0.1, 0.15) is 17.7 Å². The van der Waals surface area contributed by atoms with Gasteiger partial charge in [-0.2, -0.15) is 0 Å². The standard InChI is InChI=1S/C9H10BrN3O/c1-9(2)6(10)3-5-7(11)12-4-13-8(5)14-9/h3-4H,1-2H3,(H2,11,12,13). The van der Waals surface area contributed by atoms with Crippen molar-refractivity contribution in [2.45, 2.75) is 19.4 Å². The normalized spacial score (nSPS) is 18.1. The minimum atomic E-state index is -0.395. The lowest BCUT2D eigenvalue weighted by Gasteiger charge is -2.30. The molecule has 5 heteroatoms. The predicted octanol–water partition coefficient (Wildman–Crippen LogP) is 1.97. The molecule has 0 amide bonds. The van der Waals surface area contributed by atoms with Gasteiger partial charge in [0.2, 0.25) is 5.88 Å². The molecule has 2 N–H and O–H groups in total. The Morgan fingerprint density at radius 3 is 2.86 bits per heavy atom. The molecular formula is C9H10BrN3O. The molecule has 4 nitrogen and oxygen atoms in total. The van der Waals surface area contributed by atoms with E-state index in [1.807, 2.05) is 19.9 Å². The third kappa shape index (κ3) is 1.37. The highest BCUT2D eigenvalue weighted by atomic mass is 79.9. The summed E-state index contributed by atoms with van der Waals surface area (Å²) in [6.45, 7) is 3.91. The summed E-state index contributed by atoms with van der Waals surface area (Å²) >= 11 is 3.44. The fraction of sp³-hybridized carbons (Fsp3) is 0.333. The zero-order valence-corrected chi connectivity index (χ0v) is 9.50. The Labute approximate surface area is 90.3 Å². The molecule has 1 aromatic rings. The van der Waals surface area contributed by atoms with Crippen LogP contribution < -0.4 is 10.5 Å². The molecule has 2 rings (SSSR count). The number of aromatic nitrogens is 2. The van der Waals surface area contributed by atoms with Crippen LogP contribution in [0.1, 0.15) is 19.4 Å². The second kappa shape index (κ2) is 2.95. The maximum atomic E-state index is 5.70. The predicted molar refractivity (Wildman–Crippen MR) is 58.1 cm³/mol. The fourth-order valence-electron chi connectivity index (χ4n) is 1.20. The van der Waals surface area contributed by atoms with Gasteiger partial charge in [0.15, 0.2) is 0 Å². The van der Waals surface area contributed by atoms with Crippen LogP contribution in [0.5, 0.6) is 5.88 Å². The summed E-state index contributed by atoms with van der Waals surface area (Å²) < 4.78 is 6.60. The van der Waals surface area contributed by atoms with Crippen LogP contribution >= 0.6 is 15.9 Å². The number of hydrogen-bond acceptors (Lipinski definition) is 4. The second-order valence-electron chi connectivity index (χ2n) is 3.58. The van der Waals surface area contributed by atoms with Gasteiger partial charge >= 0.3 is 0 Å². The Morgan fingerprint density at radius 2 is 2.14 bits per heavy atom. The molecular weight excluding hydrogens is 246 g/mol. The fourth-order valence-corrected chi connectivity index (χ4v) is 1.51. The molecule has 0 bridgehead atoms. The molecule has 74 valence electrons. The molecule has 0 radical (unpaired) electrons. The molecule has 1 aromatic heterocycles. The van der Waals surface area contributed by atoms with E-state index in [2.05, 4.69) is 25.9 Å². The SMILES string of the molecule is CC1(C)Oc2ncnc(N)c2C=C1Br. The molecule has 0 aliphatic carbocycles. The third-order valence-electron chi connectivity index (χ3n) is 2.08. The van der Waals surface area contributed by atoms with Crippen LogP contribution in [0, 0.1) is 0 Å². The lowest BCUT2D eigenvalue weighted by molar-refractivity contribution is 0.148. The number of ether oxygens (including phenoxy) is 1. The van der Waals surface area contributed by atoms with E-state index in [9.17, 15) is 0 Å². The van der Waals surface area contributed by atoms with Crippen molar-refractivity contribution in [1.82, 2.24) is 9.97 Å². The topological polar surface area (TPSA) is 61.0 Å². The molecule has 0 atom stereocenters. The van der Waals surface area contributed by atoms with Crippen LogP contribution in [0.4, 0.5) is 5.82 Å². The Balaban J connectivity index is 2.59. The number of nitrogen functional groups attached to an aromatic ring is 1. The van der Waals surface area contributed by atoms with Crippen molar-refractivity contribution in [3.05, 3.63) is 16.4 Å². The Bertz CT molecular complexity index is 415. The summed E-state index contributed by atoms with van der Waals surface area (Å²) in [7, 11) is 0. The van der Waals surface area contributed by atoms with Crippen molar-refractivity contribution in [3.8, 4) is 5.88 Å². The van der Waals surface area contributed by atoms with E-state index in [4.69, 9.17) is 10.5 Å². The van der Waals surface area contributed by atoms with E-state index in [0.29, 0.717) is 11.7 Å². The van der Waals surface area contributed by atoms with Crippen molar-refractivity contribution < 1.29 is 4.74 Å². The highest BCUT2D eigenvalue weighted by Crippen LogP contribution is 2.38. The van der Waals surface area contributed by atoms with E-state index in [1.54, 1.807) is 0 Å². The van der Waals surface area contributed by atoms with Gasteiger partial charge in [0, 0.05) is 4.48 Å². The minimum absolute atomic E-state index is 0.395. The molecule has 1 aliphatic heterocycles. The number of nitrogens with zero attached hydrogens (tertiary/aromatic N) is 2. The second-order valence-corrected chi connectivity index (χ2v) is 4.44. The van der Waals surface area contributed by atoms with Crippen molar-refractivity contribution >= 4 is 27.8 Å². The van der Waals surface area contributed by atoms with Crippen LogP contribution in [-0.2, 0) is 0 Å². The zero-order valence-electron chi connectivity index (χ0n) is 7.91. The molecule has 0 spiro atoms.